The van der Waals surface area contributed by atoms with Crippen molar-refractivity contribution in [2.45, 2.75) is 19.0 Å². The standard InChI is InChI=1S/C12H19N3/c1-3-9(7-13-5-1)11-8-15-12-10(11)4-2-6-14-12/h2-3,6,10-15H,1,4-5,7-8H2. The van der Waals surface area contributed by atoms with E-state index < -0.39 is 0 Å². The lowest BCUT2D eigenvalue weighted by molar-refractivity contribution is 0.351. The van der Waals surface area contributed by atoms with Gasteiger partial charge >= 0.3 is 0 Å². The summed E-state index contributed by atoms with van der Waals surface area (Å²) in [6.07, 6.45) is 9.72. The topological polar surface area (TPSA) is 36.1 Å². The van der Waals surface area contributed by atoms with Crippen molar-refractivity contribution in [2.24, 2.45) is 11.8 Å². The zero-order chi connectivity index (χ0) is 10.1. The van der Waals surface area contributed by atoms with Gasteiger partial charge in [-0.2, -0.15) is 0 Å². The first-order valence-corrected chi connectivity index (χ1v) is 5.99. The molecule has 3 N–H and O–H groups in total. The van der Waals surface area contributed by atoms with Crippen LogP contribution in [0.5, 0.6) is 0 Å². The normalized spacial score (nSPS) is 39.5. The summed E-state index contributed by atoms with van der Waals surface area (Å²) < 4.78 is 0. The quantitative estimate of drug-likeness (QED) is 0.548. The summed E-state index contributed by atoms with van der Waals surface area (Å²) in [4.78, 5) is 0. The molecule has 3 heterocycles. The smallest absolute Gasteiger partial charge is 0.0801 e. The molecule has 15 heavy (non-hydrogen) atoms. The number of hydrogen-bond acceptors (Lipinski definition) is 3. The lowest BCUT2D eigenvalue weighted by atomic mass is 9.83. The molecule has 3 atom stereocenters. The van der Waals surface area contributed by atoms with Crippen LogP contribution in [-0.4, -0.2) is 25.8 Å². The van der Waals surface area contributed by atoms with E-state index in [0.717, 1.165) is 31.5 Å². The Balaban J connectivity index is 1.76. The van der Waals surface area contributed by atoms with Crippen molar-refractivity contribution in [3.63, 3.8) is 0 Å². The Labute approximate surface area is 91.0 Å². The maximum atomic E-state index is 3.57. The highest BCUT2D eigenvalue weighted by molar-refractivity contribution is 5.18. The highest BCUT2D eigenvalue weighted by atomic mass is 15.2. The zero-order valence-corrected chi connectivity index (χ0v) is 9.00. The van der Waals surface area contributed by atoms with Crippen LogP contribution >= 0.6 is 0 Å². The van der Waals surface area contributed by atoms with Crippen LogP contribution in [-0.2, 0) is 0 Å². The average molecular weight is 205 g/mol. The number of hydrogen-bond donors (Lipinski definition) is 3. The van der Waals surface area contributed by atoms with Gasteiger partial charge in [-0.1, -0.05) is 17.7 Å². The van der Waals surface area contributed by atoms with Crippen LogP contribution in [0.2, 0.25) is 0 Å². The molecule has 3 aliphatic rings. The molecular formula is C12H19N3. The number of allylic oxidation sites excluding steroid dienone is 1. The molecule has 3 unspecified atom stereocenters. The summed E-state index contributed by atoms with van der Waals surface area (Å²) in [6, 6.07) is 0. The molecule has 3 heteroatoms. The van der Waals surface area contributed by atoms with Crippen molar-refractivity contribution in [3.8, 4) is 0 Å². The van der Waals surface area contributed by atoms with Gasteiger partial charge in [0.25, 0.3) is 0 Å². The van der Waals surface area contributed by atoms with Crippen LogP contribution in [0.15, 0.2) is 23.9 Å². The second-order valence-electron chi connectivity index (χ2n) is 4.71. The molecule has 3 nitrogen and oxygen atoms in total. The van der Waals surface area contributed by atoms with E-state index in [0.29, 0.717) is 6.17 Å². The lowest BCUT2D eigenvalue weighted by Gasteiger charge is -2.29. The summed E-state index contributed by atoms with van der Waals surface area (Å²) in [6.45, 7) is 3.38. The third-order valence-corrected chi connectivity index (χ3v) is 3.84. The van der Waals surface area contributed by atoms with Gasteiger partial charge in [0.2, 0.25) is 0 Å². The van der Waals surface area contributed by atoms with Crippen molar-refractivity contribution in [2.75, 3.05) is 19.6 Å². The zero-order valence-electron chi connectivity index (χ0n) is 9.00. The SMILES string of the molecule is C1=CNC2NCC(C3=CCCNC3)C2C1. The molecule has 3 rings (SSSR count). The third-order valence-electron chi connectivity index (χ3n) is 3.84. The molecule has 0 aromatic heterocycles. The number of nitrogens with one attached hydrogen (secondary N) is 3. The van der Waals surface area contributed by atoms with Gasteiger partial charge in [-0.3, -0.25) is 5.32 Å². The molecule has 0 bridgehead atoms. The summed E-state index contributed by atoms with van der Waals surface area (Å²) in [5.41, 5.74) is 1.62. The van der Waals surface area contributed by atoms with E-state index in [4.69, 9.17) is 0 Å². The molecule has 0 radical (unpaired) electrons. The summed E-state index contributed by atoms with van der Waals surface area (Å²) in [7, 11) is 0. The minimum Gasteiger partial charge on any atom is -0.376 e. The van der Waals surface area contributed by atoms with Crippen molar-refractivity contribution >= 4 is 0 Å². The Morgan fingerprint density at radius 2 is 2.33 bits per heavy atom. The van der Waals surface area contributed by atoms with E-state index in [1.54, 1.807) is 5.57 Å². The molecule has 0 amide bonds. The molecule has 1 saturated heterocycles. The second kappa shape index (κ2) is 3.99. The predicted molar refractivity (Wildman–Crippen MR) is 61.2 cm³/mol. The van der Waals surface area contributed by atoms with Crippen LogP contribution in [0.4, 0.5) is 0 Å². The third kappa shape index (κ3) is 1.70. The van der Waals surface area contributed by atoms with Crippen LogP contribution in [0.25, 0.3) is 0 Å². The molecule has 0 spiro atoms. The van der Waals surface area contributed by atoms with Gasteiger partial charge in [0.05, 0.1) is 6.17 Å². The maximum absolute atomic E-state index is 3.57. The fourth-order valence-corrected chi connectivity index (χ4v) is 3.02. The predicted octanol–water partition coefficient (Wildman–Crippen LogP) is 0.575. The molecule has 82 valence electrons. The minimum atomic E-state index is 0.503. The minimum absolute atomic E-state index is 0.503. The largest absolute Gasteiger partial charge is 0.376 e. The Kier molecular flexibility index (Phi) is 2.51. The second-order valence-corrected chi connectivity index (χ2v) is 4.71. The fourth-order valence-electron chi connectivity index (χ4n) is 3.02. The van der Waals surface area contributed by atoms with Crippen molar-refractivity contribution in [1.82, 2.24) is 16.0 Å². The van der Waals surface area contributed by atoms with Gasteiger partial charge < -0.3 is 10.6 Å². The lowest BCUT2D eigenvalue weighted by Crippen LogP contribution is -2.41. The van der Waals surface area contributed by atoms with Crippen LogP contribution in [0.3, 0.4) is 0 Å². The van der Waals surface area contributed by atoms with Gasteiger partial charge in [0.1, 0.15) is 0 Å². The van der Waals surface area contributed by atoms with E-state index in [1.807, 2.05) is 0 Å². The van der Waals surface area contributed by atoms with E-state index >= 15 is 0 Å². The van der Waals surface area contributed by atoms with Gasteiger partial charge in [-0.25, -0.2) is 0 Å². The molecule has 0 aliphatic carbocycles. The van der Waals surface area contributed by atoms with Crippen molar-refractivity contribution < 1.29 is 0 Å². The van der Waals surface area contributed by atoms with Gasteiger partial charge in [0, 0.05) is 19.0 Å². The molecule has 1 fully saturated rings. The average Bonchev–Trinajstić information content (AvgIpc) is 2.74. The van der Waals surface area contributed by atoms with E-state index in [-0.39, 0.29) is 0 Å². The summed E-state index contributed by atoms with van der Waals surface area (Å²) >= 11 is 0. The number of fused-ring (bicyclic) bond motifs is 1. The Morgan fingerprint density at radius 3 is 3.20 bits per heavy atom. The summed E-state index contributed by atoms with van der Waals surface area (Å²) in [5, 5.41) is 10.5. The molecule has 0 aromatic carbocycles. The highest BCUT2D eigenvalue weighted by Crippen LogP contribution is 2.32. The summed E-state index contributed by atoms with van der Waals surface area (Å²) in [5.74, 6) is 1.49. The first-order chi connectivity index (χ1) is 7.45. The Morgan fingerprint density at radius 1 is 1.33 bits per heavy atom. The Bertz CT molecular complexity index is 295. The van der Waals surface area contributed by atoms with Crippen molar-refractivity contribution in [1.29, 1.82) is 0 Å². The maximum Gasteiger partial charge on any atom is 0.0801 e. The first-order valence-electron chi connectivity index (χ1n) is 5.99. The molecule has 0 saturated carbocycles. The fraction of sp³-hybridized carbons (Fsp3) is 0.667. The first kappa shape index (κ1) is 9.43. The molecular weight excluding hydrogens is 186 g/mol. The van der Waals surface area contributed by atoms with Crippen LogP contribution in [0, 0.1) is 11.8 Å². The van der Waals surface area contributed by atoms with E-state index in [2.05, 4.69) is 34.3 Å². The van der Waals surface area contributed by atoms with Gasteiger partial charge in [-0.15, -0.1) is 0 Å². The molecule has 0 aromatic rings. The van der Waals surface area contributed by atoms with Gasteiger partial charge in [-0.05, 0) is 31.5 Å². The Hall–Kier alpha value is -0.800. The highest BCUT2D eigenvalue weighted by Gasteiger charge is 2.37. The van der Waals surface area contributed by atoms with Gasteiger partial charge in [0.15, 0.2) is 0 Å². The molecule has 3 aliphatic heterocycles. The van der Waals surface area contributed by atoms with Crippen LogP contribution < -0.4 is 16.0 Å². The van der Waals surface area contributed by atoms with Crippen LogP contribution in [0.1, 0.15) is 12.8 Å². The van der Waals surface area contributed by atoms with Crippen molar-refractivity contribution in [3.05, 3.63) is 23.9 Å². The number of rotatable bonds is 1. The van der Waals surface area contributed by atoms with E-state index in [9.17, 15) is 0 Å². The monoisotopic (exact) mass is 205 g/mol. The van der Waals surface area contributed by atoms with E-state index in [1.165, 1.54) is 12.8 Å².